The van der Waals surface area contributed by atoms with Crippen LogP contribution in [0.15, 0.2) is 24.3 Å². The average molecular weight is 470 g/mol. The zero-order chi connectivity index (χ0) is 24.8. The highest BCUT2D eigenvalue weighted by molar-refractivity contribution is 5.96. The minimum absolute atomic E-state index is 0.0444. The number of hydrogen-bond donors (Lipinski definition) is 7. The molecule has 1 amide bonds. The molecule has 34 heavy (non-hydrogen) atoms. The molecule has 3 aromatic rings. The number of H-pyrrole nitrogens is 1. The first-order valence-corrected chi connectivity index (χ1v) is 10.6. The van der Waals surface area contributed by atoms with Crippen molar-refractivity contribution in [2.24, 2.45) is 0 Å². The summed E-state index contributed by atoms with van der Waals surface area (Å²) in [6.45, 7) is -0.210. The molecule has 3 rings (SSSR count). The molecule has 0 aliphatic carbocycles. The number of rotatable bonds is 11. The van der Waals surface area contributed by atoms with E-state index >= 15 is 0 Å². The second-order valence-corrected chi connectivity index (χ2v) is 7.78. The van der Waals surface area contributed by atoms with Crippen molar-refractivity contribution in [2.45, 2.75) is 44.8 Å². The summed E-state index contributed by atoms with van der Waals surface area (Å²) in [5.74, 6) is -2.73. The maximum atomic E-state index is 12.4. The Morgan fingerprint density at radius 3 is 2.38 bits per heavy atom. The molecule has 0 saturated carbocycles. The van der Waals surface area contributed by atoms with Gasteiger partial charge < -0.3 is 37.1 Å². The molecule has 0 fully saturated rings. The van der Waals surface area contributed by atoms with Crippen LogP contribution in [0.3, 0.4) is 0 Å². The van der Waals surface area contributed by atoms with Crippen molar-refractivity contribution in [1.82, 2.24) is 20.3 Å². The van der Waals surface area contributed by atoms with E-state index in [2.05, 4.69) is 20.3 Å². The van der Waals surface area contributed by atoms with E-state index in [4.69, 9.17) is 16.6 Å². The van der Waals surface area contributed by atoms with Crippen molar-refractivity contribution < 1.29 is 29.7 Å². The van der Waals surface area contributed by atoms with E-state index in [1.54, 1.807) is 24.3 Å². The largest absolute Gasteiger partial charge is 0.481 e. The van der Waals surface area contributed by atoms with Gasteiger partial charge in [0.1, 0.15) is 17.5 Å². The van der Waals surface area contributed by atoms with Crippen molar-refractivity contribution in [3.8, 4) is 0 Å². The predicted molar refractivity (Wildman–Crippen MR) is 123 cm³/mol. The molecule has 2 aromatic heterocycles. The highest BCUT2D eigenvalue weighted by Crippen LogP contribution is 2.28. The molecular formula is C22H26N6O6. The number of nitrogens with one attached hydrogen (secondary N) is 2. The lowest BCUT2D eigenvalue weighted by molar-refractivity contribution is -0.140. The first kappa shape index (κ1) is 24.5. The number of nitrogens with two attached hydrogens (primary N) is 2. The molecule has 180 valence electrons. The molecule has 1 atom stereocenters. The Morgan fingerprint density at radius 2 is 1.76 bits per heavy atom. The van der Waals surface area contributed by atoms with Crippen LogP contribution in [0, 0.1) is 0 Å². The average Bonchev–Trinajstić information content (AvgIpc) is 3.14. The molecule has 12 nitrogen and oxygen atoms in total. The van der Waals surface area contributed by atoms with Gasteiger partial charge in [-0.05, 0) is 48.9 Å². The van der Waals surface area contributed by atoms with Crippen LogP contribution in [0.4, 0.5) is 11.8 Å². The number of aromatic nitrogens is 3. The van der Waals surface area contributed by atoms with Gasteiger partial charge in [0.05, 0.1) is 12.0 Å². The number of aromatic amines is 1. The maximum Gasteiger partial charge on any atom is 0.326 e. The quantitative estimate of drug-likeness (QED) is 0.209. The second kappa shape index (κ2) is 10.6. The number of aliphatic hydroxyl groups excluding tert-OH is 1. The van der Waals surface area contributed by atoms with Crippen molar-refractivity contribution in [1.29, 1.82) is 0 Å². The van der Waals surface area contributed by atoms with Crippen LogP contribution in [0.5, 0.6) is 0 Å². The number of carboxylic acids is 2. The Morgan fingerprint density at radius 1 is 1.06 bits per heavy atom. The molecule has 1 aromatic carbocycles. The number of carbonyl (C=O) groups is 3. The minimum atomic E-state index is -1.29. The first-order valence-electron chi connectivity index (χ1n) is 10.6. The van der Waals surface area contributed by atoms with Crippen molar-refractivity contribution in [2.75, 3.05) is 11.5 Å². The standard InChI is InChI=1S/C22H26N6O6/c23-18-17-13(15(10-29)25-19(17)28-22(24)27-18)3-1-2-11-4-6-12(7-5-11)20(32)26-14(21(33)34)8-9-16(30)31/h4-7,14,29H,1-3,8-10H2,(H,26,32)(H,30,31)(H,33,34)(H5,23,24,25,27,28)/t14-/m0/s1. The van der Waals surface area contributed by atoms with Crippen molar-refractivity contribution >= 4 is 40.6 Å². The molecular weight excluding hydrogens is 444 g/mol. The summed E-state index contributed by atoms with van der Waals surface area (Å²) in [4.78, 5) is 45.4. The van der Waals surface area contributed by atoms with Gasteiger partial charge in [-0.3, -0.25) is 9.59 Å². The van der Waals surface area contributed by atoms with E-state index in [1.165, 1.54) is 0 Å². The van der Waals surface area contributed by atoms with E-state index in [0.29, 0.717) is 36.0 Å². The van der Waals surface area contributed by atoms with Gasteiger partial charge in [0.25, 0.3) is 5.91 Å². The summed E-state index contributed by atoms with van der Waals surface area (Å²) in [5.41, 5.74) is 14.8. The highest BCUT2D eigenvalue weighted by atomic mass is 16.4. The van der Waals surface area contributed by atoms with Crippen LogP contribution in [0.25, 0.3) is 11.0 Å². The Kier molecular flexibility index (Phi) is 7.64. The van der Waals surface area contributed by atoms with E-state index < -0.39 is 23.9 Å². The number of nitrogen functional groups attached to an aromatic ring is 2. The summed E-state index contributed by atoms with van der Waals surface area (Å²) in [6, 6.07) is 5.41. The van der Waals surface area contributed by atoms with E-state index in [1.807, 2.05) is 0 Å². The number of anilines is 2. The lowest BCUT2D eigenvalue weighted by Gasteiger charge is -2.13. The normalized spacial score (nSPS) is 11.9. The molecule has 0 spiro atoms. The maximum absolute atomic E-state index is 12.4. The second-order valence-electron chi connectivity index (χ2n) is 7.78. The lowest BCUT2D eigenvalue weighted by atomic mass is 10.0. The van der Waals surface area contributed by atoms with Crippen LogP contribution >= 0.6 is 0 Å². The molecule has 0 aliphatic rings. The fourth-order valence-corrected chi connectivity index (χ4v) is 3.72. The molecule has 0 saturated heterocycles. The van der Waals surface area contributed by atoms with Crippen molar-refractivity contribution in [3.05, 3.63) is 46.6 Å². The Labute approximate surface area is 194 Å². The van der Waals surface area contributed by atoms with Gasteiger partial charge in [0, 0.05) is 17.7 Å². The molecule has 9 N–H and O–H groups in total. The lowest BCUT2D eigenvalue weighted by Crippen LogP contribution is -2.41. The number of hydrogen-bond acceptors (Lipinski definition) is 8. The molecule has 2 heterocycles. The van der Waals surface area contributed by atoms with Gasteiger partial charge in [-0.15, -0.1) is 0 Å². The third-order valence-corrected chi connectivity index (χ3v) is 5.41. The molecule has 0 aliphatic heterocycles. The number of fused-ring (bicyclic) bond motifs is 1. The van der Waals surface area contributed by atoms with Crippen LogP contribution in [0.2, 0.25) is 0 Å². The number of benzene rings is 1. The number of aliphatic carboxylic acids is 2. The van der Waals surface area contributed by atoms with E-state index in [0.717, 1.165) is 11.1 Å². The van der Waals surface area contributed by atoms with Crippen LogP contribution in [0.1, 0.15) is 46.4 Å². The van der Waals surface area contributed by atoms with Gasteiger partial charge in [-0.1, -0.05) is 12.1 Å². The summed E-state index contributed by atoms with van der Waals surface area (Å²) in [5, 5.41) is 30.6. The highest BCUT2D eigenvalue weighted by Gasteiger charge is 2.21. The molecule has 0 bridgehead atoms. The van der Waals surface area contributed by atoms with E-state index in [-0.39, 0.29) is 36.8 Å². The Bertz CT molecular complexity index is 1210. The summed E-state index contributed by atoms with van der Waals surface area (Å²) < 4.78 is 0. The zero-order valence-electron chi connectivity index (χ0n) is 18.2. The number of nitrogens with zero attached hydrogens (tertiary/aromatic N) is 2. The summed E-state index contributed by atoms with van der Waals surface area (Å²) in [6.07, 6.45) is 1.41. The third kappa shape index (κ3) is 5.78. The number of carbonyl (C=O) groups excluding carboxylic acids is 1. The summed E-state index contributed by atoms with van der Waals surface area (Å²) in [7, 11) is 0. The smallest absolute Gasteiger partial charge is 0.326 e. The Balaban J connectivity index is 1.62. The van der Waals surface area contributed by atoms with Gasteiger partial charge >= 0.3 is 11.9 Å². The van der Waals surface area contributed by atoms with Crippen LogP contribution < -0.4 is 16.8 Å². The molecule has 12 heteroatoms. The number of amides is 1. The SMILES string of the molecule is Nc1nc(N)c2c(CCCc3ccc(C(=O)N[C@@H](CCC(=O)O)C(=O)O)cc3)c(CO)[nH]c2n1. The Hall–Kier alpha value is -4.19. The fraction of sp³-hybridized carbons (Fsp3) is 0.318. The van der Waals surface area contributed by atoms with Crippen molar-refractivity contribution in [3.63, 3.8) is 0 Å². The van der Waals surface area contributed by atoms with Crippen LogP contribution in [-0.4, -0.2) is 54.2 Å². The number of aryl methyl sites for hydroxylation is 2. The molecule has 0 radical (unpaired) electrons. The third-order valence-electron chi connectivity index (χ3n) is 5.41. The topological polar surface area (TPSA) is 218 Å². The number of carboxylic acid groups (broad SMARTS) is 2. The summed E-state index contributed by atoms with van der Waals surface area (Å²) >= 11 is 0. The minimum Gasteiger partial charge on any atom is -0.481 e. The zero-order valence-corrected chi connectivity index (χ0v) is 18.2. The van der Waals surface area contributed by atoms with E-state index in [9.17, 15) is 24.6 Å². The predicted octanol–water partition coefficient (Wildman–Crippen LogP) is 0.838. The monoisotopic (exact) mass is 470 g/mol. The fourth-order valence-electron chi connectivity index (χ4n) is 3.72. The first-order chi connectivity index (χ1) is 16.2. The van der Waals surface area contributed by atoms with Gasteiger partial charge in [0.15, 0.2) is 0 Å². The van der Waals surface area contributed by atoms with Gasteiger partial charge in [-0.2, -0.15) is 9.97 Å². The number of aliphatic hydroxyl groups is 1. The van der Waals surface area contributed by atoms with Gasteiger partial charge in [0.2, 0.25) is 5.95 Å². The van der Waals surface area contributed by atoms with Crippen LogP contribution in [-0.2, 0) is 29.0 Å². The molecule has 0 unspecified atom stereocenters. The van der Waals surface area contributed by atoms with Gasteiger partial charge in [-0.25, -0.2) is 4.79 Å².